The van der Waals surface area contributed by atoms with Crippen LogP contribution in [0.3, 0.4) is 0 Å². The second-order valence-electron chi connectivity index (χ2n) is 7.62. The number of nitro benzene ring substituents is 1. The highest BCUT2D eigenvalue weighted by Gasteiger charge is 2.18. The molecule has 2 amide bonds. The lowest BCUT2D eigenvalue weighted by molar-refractivity contribution is -0.384. The van der Waals surface area contributed by atoms with Gasteiger partial charge in [-0.2, -0.15) is 0 Å². The summed E-state index contributed by atoms with van der Waals surface area (Å²) in [6, 6.07) is 15.2. The van der Waals surface area contributed by atoms with Gasteiger partial charge in [0.2, 0.25) is 10.9 Å². The number of nitrogens with one attached hydrogen (secondary N) is 2. The Morgan fingerprint density at radius 3 is 1.97 bits per heavy atom. The van der Waals surface area contributed by atoms with Crippen molar-refractivity contribution in [1.82, 2.24) is 10.2 Å². The van der Waals surface area contributed by atoms with Crippen molar-refractivity contribution in [3.05, 3.63) is 81.9 Å². The first-order valence-electron chi connectivity index (χ1n) is 10.9. The number of hydrogen-bond donors (Lipinski definition) is 2. The van der Waals surface area contributed by atoms with Crippen LogP contribution in [0, 0.1) is 10.1 Å². The third-order valence-electron chi connectivity index (χ3n) is 5.30. The van der Waals surface area contributed by atoms with Gasteiger partial charge in [-0.1, -0.05) is 11.3 Å². The van der Waals surface area contributed by atoms with Crippen LogP contribution in [0.15, 0.2) is 60.7 Å². The topological polar surface area (TPSA) is 155 Å². The van der Waals surface area contributed by atoms with Crippen LogP contribution in [0.4, 0.5) is 16.5 Å². The van der Waals surface area contributed by atoms with E-state index in [1.165, 1.54) is 45.6 Å². The lowest BCUT2D eigenvalue weighted by Gasteiger charge is -2.14. The Morgan fingerprint density at radius 2 is 1.42 bits per heavy atom. The van der Waals surface area contributed by atoms with Crippen LogP contribution in [0.25, 0.3) is 10.6 Å². The largest absolute Gasteiger partial charge is 0.493 e. The molecule has 0 aliphatic rings. The molecule has 0 saturated carbocycles. The molecule has 38 heavy (non-hydrogen) atoms. The normalized spacial score (nSPS) is 10.4. The summed E-state index contributed by atoms with van der Waals surface area (Å²) >= 11 is 1.13. The highest BCUT2D eigenvalue weighted by Crippen LogP contribution is 2.38. The quantitative estimate of drug-likeness (QED) is 0.230. The molecule has 3 aromatic carbocycles. The fourth-order valence-corrected chi connectivity index (χ4v) is 4.15. The molecule has 12 nitrogen and oxygen atoms in total. The predicted octanol–water partition coefficient (Wildman–Crippen LogP) is 4.64. The van der Waals surface area contributed by atoms with Gasteiger partial charge in [-0.05, 0) is 48.5 Å². The van der Waals surface area contributed by atoms with Crippen molar-refractivity contribution in [3.63, 3.8) is 0 Å². The number of rotatable bonds is 9. The van der Waals surface area contributed by atoms with E-state index in [1.54, 1.807) is 36.4 Å². The van der Waals surface area contributed by atoms with E-state index in [0.717, 1.165) is 11.3 Å². The molecule has 0 unspecified atom stereocenters. The number of hydrogen-bond acceptors (Lipinski definition) is 10. The standard InChI is InChI=1S/C25H21N5O7S/c1-35-19-12-16(13-20(36-2)21(19)37-3)23(32)26-17-8-4-14(5-9-17)22(31)27-25-29-28-24(38-25)15-6-10-18(11-7-15)30(33)34/h4-13H,1-3H3,(H,26,32)(H,27,29,31). The Labute approximate surface area is 220 Å². The number of anilines is 2. The summed E-state index contributed by atoms with van der Waals surface area (Å²) in [7, 11) is 4.39. The first-order valence-corrected chi connectivity index (χ1v) is 11.8. The van der Waals surface area contributed by atoms with Gasteiger partial charge >= 0.3 is 0 Å². The van der Waals surface area contributed by atoms with Crippen molar-refractivity contribution in [1.29, 1.82) is 0 Å². The second kappa shape index (κ2) is 11.3. The van der Waals surface area contributed by atoms with Gasteiger partial charge < -0.3 is 19.5 Å². The molecule has 0 aliphatic carbocycles. The van der Waals surface area contributed by atoms with Crippen LogP contribution in [0.5, 0.6) is 17.2 Å². The fraction of sp³-hybridized carbons (Fsp3) is 0.120. The zero-order chi connectivity index (χ0) is 27.2. The van der Waals surface area contributed by atoms with Gasteiger partial charge in [-0.3, -0.25) is 25.0 Å². The molecule has 2 N–H and O–H groups in total. The van der Waals surface area contributed by atoms with Crippen molar-refractivity contribution in [2.24, 2.45) is 0 Å². The molecule has 4 rings (SSSR count). The van der Waals surface area contributed by atoms with Crippen molar-refractivity contribution in [2.45, 2.75) is 0 Å². The second-order valence-corrected chi connectivity index (χ2v) is 8.59. The van der Waals surface area contributed by atoms with Crippen LogP contribution in [-0.4, -0.2) is 48.3 Å². The molecule has 0 atom stereocenters. The minimum absolute atomic E-state index is 0.0325. The molecule has 0 bridgehead atoms. The zero-order valence-electron chi connectivity index (χ0n) is 20.4. The van der Waals surface area contributed by atoms with E-state index >= 15 is 0 Å². The van der Waals surface area contributed by atoms with Gasteiger partial charge in [-0.25, -0.2) is 0 Å². The number of benzene rings is 3. The number of carbonyl (C=O) groups excluding carboxylic acids is 2. The van der Waals surface area contributed by atoms with E-state index in [2.05, 4.69) is 20.8 Å². The van der Waals surface area contributed by atoms with E-state index in [0.29, 0.717) is 44.6 Å². The van der Waals surface area contributed by atoms with Gasteiger partial charge in [0.1, 0.15) is 5.01 Å². The van der Waals surface area contributed by atoms with Gasteiger partial charge in [0.25, 0.3) is 17.5 Å². The summed E-state index contributed by atoms with van der Waals surface area (Å²) in [5.74, 6) is 0.236. The molecule has 0 spiro atoms. The molecule has 194 valence electrons. The molecule has 0 saturated heterocycles. The number of ether oxygens (including phenoxy) is 3. The smallest absolute Gasteiger partial charge is 0.269 e. The first kappa shape index (κ1) is 26.0. The van der Waals surface area contributed by atoms with Crippen molar-refractivity contribution >= 4 is 39.7 Å². The molecule has 13 heteroatoms. The van der Waals surface area contributed by atoms with Crippen LogP contribution < -0.4 is 24.8 Å². The third-order valence-corrected chi connectivity index (χ3v) is 6.19. The number of carbonyl (C=O) groups is 2. The highest BCUT2D eigenvalue weighted by atomic mass is 32.1. The van der Waals surface area contributed by atoms with E-state index in [-0.39, 0.29) is 10.8 Å². The molecule has 0 aliphatic heterocycles. The van der Waals surface area contributed by atoms with E-state index in [9.17, 15) is 19.7 Å². The van der Waals surface area contributed by atoms with Gasteiger partial charge in [0.15, 0.2) is 11.5 Å². The number of non-ortho nitro benzene ring substituents is 1. The van der Waals surface area contributed by atoms with Gasteiger partial charge in [0.05, 0.1) is 26.3 Å². The number of aromatic nitrogens is 2. The number of methoxy groups -OCH3 is 3. The molecule has 1 heterocycles. The lowest BCUT2D eigenvalue weighted by Crippen LogP contribution is -2.14. The van der Waals surface area contributed by atoms with E-state index in [1.807, 2.05) is 0 Å². The molecular formula is C25H21N5O7S. The predicted molar refractivity (Wildman–Crippen MR) is 140 cm³/mol. The van der Waals surface area contributed by atoms with Crippen molar-refractivity contribution < 1.29 is 28.7 Å². The van der Waals surface area contributed by atoms with Gasteiger partial charge in [0, 0.05) is 34.5 Å². The molecule has 1 aromatic heterocycles. The monoisotopic (exact) mass is 535 g/mol. The Bertz CT molecular complexity index is 1460. The van der Waals surface area contributed by atoms with Crippen molar-refractivity contribution in [2.75, 3.05) is 32.0 Å². The molecule has 0 fully saturated rings. The van der Waals surface area contributed by atoms with Crippen LogP contribution in [0.1, 0.15) is 20.7 Å². The average molecular weight is 536 g/mol. The third kappa shape index (κ3) is 5.68. The number of nitrogens with zero attached hydrogens (tertiary/aromatic N) is 3. The first-order chi connectivity index (χ1) is 18.3. The maximum atomic E-state index is 12.8. The summed E-state index contributed by atoms with van der Waals surface area (Å²) in [5, 5.41) is 25.0. The van der Waals surface area contributed by atoms with E-state index < -0.39 is 16.7 Å². The number of amides is 2. The van der Waals surface area contributed by atoms with Crippen LogP contribution in [-0.2, 0) is 0 Å². The summed E-state index contributed by atoms with van der Waals surface area (Å²) in [6.45, 7) is 0. The Balaban J connectivity index is 1.41. The Hall–Kier alpha value is -5.04. The molecule has 4 aromatic rings. The lowest BCUT2D eigenvalue weighted by atomic mass is 10.1. The summed E-state index contributed by atoms with van der Waals surface area (Å²) in [6.07, 6.45) is 0. The minimum atomic E-state index is -0.486. The molecular weight excluding hydrogens is 514 g/mol. The van der Waals surface area contributed by atoms with Gasteiger partial charge in [-0.15, -0.1) is 10.2 Å². The fourth-order valence-electron chi connectivity index (χ4n) is 3.41. The summed E-state index contributed by atoms with van der Waals surface area (Å²) in [5.41, 5.74) is 1.71. The Morgan fingerprint density at radius 1 is 0.816 bits per heavy atom. The van der Waals surface area contributed by atoms with Crippen molar-refractivity contribution in [3.8, 4) is 27.8 Å². The minimum Gasteiger partial charge on any atom is -0.493 e. The van der Waals surface area contributed by atoms with E-state index in [4.69, 9.17) is 14.2 Å². The maximum Gasteiger partial charge on any atom is 0.269 e. The summed E-state index contributed by atoms with van der Waals surface area (Å²) in [4.78, 5) is 35.8. The highest BCUT2D eigenvalue weighted by molar-refractivity contribution is 7.18. The van der Waals surface area contributed by atoms with Crippen LogP contribution >= 0.6 is 11.3 Å². The SMILES string of the molecule is COc1cc(C(=O)Nc2ccc(C(=O)Nc3nnc(-c4ccc([N+](=O)[O-])cc4)s3)cc2)cc(OC)c1OC. The Kier molecular flexibility index (Phi) is 7.77. The van der Waals surface area contributed by atoms with Crippen LogP contribution in [0.2, 0.25) is 0 Å². The average Bonchev–Trinajstić information content (AvgIpc) is 3.40. The zero-order valence-corrected chi connectivity index (χ0v) is 21.2. The summed E-state index contributed by atoms with van der Waals surface area (Å²) < 4.78 is 15.9. The maximum absolute atomic E-state index is 12.8. The molecule has 0 radical (unpaired) electrons. The number of nitro groups is 1.